The first-order valence-electron chi connectivity index (χ1n) is 6.83. The first-order chi connectivity index (χ1) is 7.19. The quantitative estimate of drug-likeness (QED) is 0.601. The molecule has 0 saturated carbocycles. The molecule has 2 heteroatoms. The van der Waals surface area contributed by atoms with Gasteiger partial charge >= 0.3 is 0 Å². The van der Waals surface area contributed by atoms with Gasteiger partial charge in [0.15, 0.2) is 0 Å². The van der Waals surface area contributed by atoms with Crippen LogP contribution in [0.1, 0.15) is 61.3 Å². The van der Waals surface area contributed by atoms with Crippen LogP contribution in [0.4, 0.5) is 0 Å². The molecule has 0 amide bonds. The second kappa shape index (κ2) is 6.09. The largest absolute Gasteiger partial charge is 0.376 e. The summed E-state index contributed by atoms with van der Waals surface area (Å²) in [4.78, 5) is 0. The third kappa shape index (κ3) is 4.12. The molecule has 0 aliphatic carbocycles. The van der Waals surface area contributed by atoms with Crippen molar-refractivity contribution in [3.63, 3.8) is 0 Å². The van der Waals surface area contributed by atoms with Crippen LogP contribution in [-0.2, 0) is 4.74 Å². The summed E-state index contributed by atoms with van der Waals surface area (Å²) in [5, 5.41) is 0. The number of hydrogen-bond donors (Lipinski definition) is 0. The molecule has 0 aromatic rings. The topological polar surface area (TPSA) is 9.23 Å². The van der Waals surface area contributed by atoms with Crippen LogP contribution >= 0.6 is 0 Å². The maximum atomic E-state index is 6.13. The lowest BCUT2D eigenvalue weighted by Crippen LogP contribution is -2.34. The second-order valence-corrected chi connectivity index (χ2v) is 6.35. The summed E-state index contributed by atoms with van der Waals surface area (Å²) in [7, 11) is 2.31. The summed E-state index contributed by atoms with van der Waals surface area (Å²) in [6, 6.07) is 0. The van der Waals surface area contributed by atoms with Crippen molar-refractivity contribution >= 4 is 7.85 Å². The van der Waals surface area contributed by atoms with E-state index in [1.54, 1.807) is 0 Å². The summed E-state index contributed by atoms with van der Waals surface area (Å²) in [5.74, 6) is 1.30. The molecule has 0 aliphatic heterocycles. The van der Waals surface area contributed by atoms with Crippen LogP contribution in [0.5, 0.6) is 0 Å². The van der Waals surface area contributed by atoms with Gasteiger partial charge in [0.2, 0.25) is 0 Å². The van der Waals surface area contributed by atoms with E-state index >= 15 is 0 Å². The first kappa shape index (κ1) is 16.0. The van der Waals surface area contributed by atoms with Gasteiger partial charge in [0.25, 0.3) is 0 Å². The zero-order valence-corrected chi connectivity index (χ0v) is 12.7. The fraction of sp³-hybridized carbons (Fsp3) is 1.00. The lowest BCUT2D eigenvalue weighted by Gasteiger charge is -2.38. The Morgan fingerprint density at radius 3 is 1.81 bits per heavy atom. The Balaban J connectivity index is 4.31. The molecule has 0 N–H and O–H groups in total. The monoisotopic (exact) mass is 226 g/mol. The molecule has 0 saturated heterocycles. The molecule has 0 aromatic heterocycles. The van der Waals surface area contributed by atoms with Crippen molar-refractivity contribution in [2.45, 2.75) is 72.7 Å². The highest BCUT2D eigenvalue weighted by Crippen LogP contribution is 2.38. The highest BCUT2D eigenvalue weighted by atomic mass is 16.5. The third-order valence-electron chi connectivity index (χ3n) is 4.94. The molecule has 96 valence electrons. The van der Waals surface area contributed by atoms with E-state index in [1.165, 1.54) is 0 Å². The number of ether oxygens (including phenoxy) is 1. The zero-order valence-electron chi connectivity index (χ0n) is 12.7. The van der Waals surface area contributed by atoms with Gasteiger partial charge in [-0.1, -0.05) is 41.5 Å². The Morgan fingerprint density at radius 2 is 1.50 bits per heavy atom. The van der Waals surface area contributed by atoms with Gasteiger partial charge in [-0.05, 0) is 36.9 Å². The molecule has 0 fully saturated rings. The van der Waals surface area contributed by atoms with Crippen LogP contribution in [0.25, 0.3) is 0 Å². The van der Waals surface area contributed by atoms with E-state index in [2.05, 4.69) is 56.3 Å². The van der Waals surface area contributed by atoms with Crippen LogP contribution < -0.4 is 0 Å². The molecule has 0 rings (SSSR count). The van der Waals surface area contributed by atoms with Crippen LogP contribution in [0, 0.1) is 11.3 Å². The minimum atomic E-state index is 0.0708. The lowest BCUT2D eigenvalue weighted by atomic mass is 9.62. The van der Waals surface area contributed by atoms with Crippen molar-refractivity contribution in [1.29, 1.82) is 0 Å². The average Bonchev–Trinajstić information content (AvgIpc) is 2.25. The highest BCUT2D eigenvalue weighted by Gasteiger charge is 2.31. The van der Waals surface area contributed by atoms with Crippen molar-refractivity contribution in [2.75, 3.05) is 6.61 Å². The normalized spacial score (nSPS) is 15.5. The van der Waals surface area contributed by atoms with Crippen molar-refractivity contribution in [3.8, 4) is 0 Å². The van der Waals surface area contributed by atoms with E-state index in [-0.39, 0.29) is 5.60 Å². The SMILES string of the molecule is BC(COC(C)(CC)CC)C(C)(C)C(C)C. The molecular formula is C14H31BO. The van der Waals surface area contributed by atoms with Crippen molar-refractivity contribution in [2.24, 2.45) is 11.3 Å². The second-order valence-electron chi connectivity index (χ2n) is 6.35. The Bertz CT molecular complexity index is 195. The predicted molar refractivity (Wildman–Crippen MR) is 75.9 cm³/mol. The van der Waals surface area contributed by atoms with Gasteiger partial charge in [-0.2, -0.15) is 0 Å². The molecule has 0 heterocycles. The molecule has 1 atom stereocenters. The molecule has 0 radical (unpaired) electrons. The minimum Gasteiger partial charge on any atom is -0.376 e. The molecule has 0 aromatic carbocycles. The summed E-state index contributed by atoms with van der Waals surface area (Å²) < 4.78 is 6.13. The molecule has 1 nitrogen and oxygen atoms in total. The Labute approximate surface area is 104 Å². The fourth-order valence-corrected chi connectivity index (χ4v) is 1.56. The van der Waals surface area contributed by atoms with E-state index in [9.17, 15) is 0 Å². The van der Waals surface area contributed by atoms with Crippen molar-refractivity contribution in [1.82, 2.24) is 0 Å². The van der Waals surface area contributed by atoms with E-state index in [0.717, 1.165) is 19.4 Å². The summed E-state index contributed by atoms with van der Waals surface area (Å²) >= 11 is 0. The van der Waals surface area contributed by atoms with E-state index in [4.69, 9.17) is 4.74 Å². The molecule has 0 bridgehead atoms. The molecule has 1 unspecified atom stereocenters. The molecule has 16 heavy (non-hydrogen) atoms. The van der Waals surface area contributed by atoms with Crippen molar-refractivity contribution in [3.05, 3.63) is 0 Å². The van der Waals surface area contributed by atoms with E-state index in [0.29, 0.717) is 17.2 Å². The maximum absolute atomic E-state index is 6.13. The first-order valence-corrected chi connectivity index (χ1v) is 6.83. The van der Waals surface area contributed by atoms with Crippen LogP contribution in [-0.4, -0.2) is 20.1 Å². The Hall–Kier alpha value is 0.0249. The molecule has 0 spiro atoms. The highest BCUT2D eigenvalue weighted by molar-refractivity contribution is 6.12. The van der Waals surface area contributed by atoms with E-state index < -0.39 is 0 Å². The number of rotatable bonds is 7. The minimum absolute atomic E-state index is 0.0708. The van der Waals surface area contributed by atoms with Gasteiger partial charge < -0.3 is 4.74 Å². The van der Waals surface area contributed by atoms with E-state index in [1.807, 2.05) is 0 Å². The number of hydrogen-bond acceptors (Lipinski definition) is 1. The Morgan fingerprint density at radius 1 is 1.06 bits per heavy atom. The third-order valence-corrected chi connectivity index (χ3v) is 4.94. The molecular weight excluding hydrogens is 195 g/mol. The van der Waals surface area contributed by atoms with Crippen LogP contribution in [0.2, 0.25) is 5.82 Å². The standard InChI is InChI=1S/C14H31BO/c1-8-14(7,9-2)16-10-12(15)13(5,6)11(3)4/h11-12H,8-10,15H2,1-7H3. The van der Waals surface area contributed by atoms with Gasteiger partial charge in [0.05, 0.1) is 5.60 Å². The average molecular weight is 226 g/mol. The summed E-state index contributed by atoms with van der Waals surface area (Å²) in [6.45, 7) is 16.8. The van der Waals surface area contributed by atoms with Crippen LogP contribution in [0.15, 0.2) is 0 Å². The van der Waals surface area contributed by atoms with Gasteiger partial charge in [-0.25, -0.2) is 0 Å². The lowest BCUT2D eigenvalue weighted by molar-refractivity contribution is -0.0496. The summed E-state index contributed by atoms with van der Waals surface area (Å²) in [5.41, 5.74) is 0.420. The van der Waals surface area contributed by atoms with Gasteiger partial charge in [0, 0.05) is 6.61 Å². The van der Waals surface area contributed by atoms with Gasteiger partial charge in [-0.3, -0.25) is 0 Å². The maximum Gasteiger partial charge on any atom is 0.109 e. The predicted octanol–water partition coefficient (Wildman–Crippen LogP) is 3.69. The smallest absolute Gasteiger partial charge is 0.109 e. The summed E-state index contributed by atoms with van der Waals surface area (Å²) in [6.07, 6.45) is 2.19. The fourth-order valence-electron chi connectivity index (χ4n) is 1.56. The Kier molecular flexibility index (Phi) is 6.10. The van der Waals surface area contributed by atoms with Crippen LogP contribution in [0.3, 0.4) is 0 Å². The van der Waals surface area contributed by atoms with Gasteiger partial charge in [-0.15, -0.1) is 0 Å². The van der Waals surface area contributed by atoms with Gasteiger partial charge in [0.1, 0.15) is 7.85 Å². The zero-order chi connectivity index (χ0) is 13.0. The van der Waals surface area contributed by atoms with Crippen molar-refractivity contribution < 1.29 is 4.74 Å². The molecule has 0 aliphatic rings.